The fourth-order valence-corrected chi connectivity index (χ4v) is 1.43. The van der Waals surface area contributed by atoms with Gasteiger partial charge in [-0.3, -0.25) is 0 Å². The summed E-state index contributed by atoms with van der Waals surface area (Å²) in [5.41, 5.74) is 0. The molecular formula is C4H9AsCl2O. The summed E-state index contributed by atoms with van der Waals surface area (Å²) in [5, 5.41) is 0. The minimum atomic E-state index is -1.62. The Morgan fingerprint density at radius 1 is 1.62 bits per heavy atom. The van der Waals surface area contributed by atoms with Crippen LogP contribution in [0.15, 0.2) is 0 Å². The molecule has 0 spiro atoms. The molecule has 0 saturated carbocycles. The van der Waals surface area contributed by atoms with Gasteiger partial charge in [0.25, 0.3) is 0 Å². The summed E-state index contributed by atoms with van der Waals surface area (Å²) in [7, 11) is 11.2. The molecule has 0 N–H and O–H groups in total. The first kappa shape index (κ1) is 9.10. The molecule has 0 aromatic carbocycles. The zero-order valence-electron chi connectivity index (χ0n) is 4.90. The second-order valence-corrected chi connectivity index (χ2v) is 8.61. The van der Waals surface area contributed by atoms with Crippen molar-refractivity contribution in [2.24, 2.45) is 0 Å². The molecule has 8 heavy (non-hydrogen) atoms. The van der Waals surface area contributed by atoms with E-state index in [4.69, 9.17) is 24.6 Å². The van der Waals surface area contributed by atoms with Gasteiger partial charge in [0, 0.05) is 0 Å². The Labute approximate surface area is 62.9 Å². The minimum absolute atomic E-state index is 0.0934. The summed E-state index contributed by atoms with van der Waals surface area (Å²) in [6.07, 6.45) is 0. The zero-order chi connectivity index (χ0) is 6.57. The van der Waals surface area contributed by atoms with Gasteiger partial charge >= 0.3 is 62.8 Å². The number of hydrogen-bond acceptors (Lipinski definition) is 1. The van der Waals surface area contributed by atoms with Crippen molar-refractivity contribution in [1.82, 2.24) is 0 Å². The Morgan fingerprint density at radius 2 is 2.12 bits per heavy atom. The van der Waals surface area contributed by atoms with E-state index in [1.807, 2.05) is 13.8 Å². The van der Waals surface area contributed by atoms with Crippen molar-refractivity contribution >= 4 is 32.7 Å². The third-order valence-electron chi connectivity index (χ3n) is 0.683. The molecule has 0 aliphatic rings. The van der Waals surface area contributed by atoms with Gasteiger partial charge in [0.2, 0.25) is 0 Å². The molecule has 1 nitrogen and oxygen atoms in total. The predicted molar refractivity (Wildman–Crippen MR) is 38.5 cm³/mol. The van der Waals surface area contributed by atoms with Gasteiger partial charge in [-0.05, 0) is 0 Å². The summed E-state index contributed by atoms with van der Waals surface area (Å²) in [6.45, 7) is 4.54. The van der Waals surface area contributed by atoms with Crippen molar-refractivity contribution < 1.29 is 4.74 Å². The third kappa shape index (κ3) is 4.03. The molecule has 0 bridgehead atoms. The Morgan fingerprint density at radius 3 is 2.25 bits per heavy atom. The van der Waals surface area contributed by atoms with Gasteiger partial charge in [-0.15, -0.1) is 0 Å². The van der Waals surface area contributed by atoms with E-state index >= 15 is 0 Å². The van der Waals surface area contributed by atoms with Crippen LogP contribution in [0.3, 0.4) is 0 Å². The van der Waals surface area contributed by atoms with E-state index < -0.39 is 12.8 Å². The first-order chi connectivity index (χ1) is 3.68. The second kappa shape index (κ2) is 4.93. The van der Waals surface area contributed by atoms with E-state index in [9.17, 15) is 0 Å². The third-order valence-corrected chi connectivity index (χ3v) is 5.01. The summed E-state index contributed by atoms with van der Waals surface area (Å²) < 4.78 is 5.10. The van der Waals surface area contributed by atoms with Gasteiger partial charge in [0.15, 0.2) is 0 Å². The Balaban J connectivity index is 3.17. The van der Waals surface area contributed by atoms with Crippen molar-refractivity contribution in [3.8, 4) is 0 Å². The van der Waals surface area contributed by atoms with Gasteiger partial charge in [0.1, 0.15) is 0 Å². The van der Waals surface area contributed by atoms with Gasteiger partial charge in [0.05, 0.1) is 0 Å². The number of ether oxygens (including phenoxy) is 1. The van der Waals surface area contributed by atoms with Crippen molar-refractivity contribution in [2.45, 2.75) is 18.7 Å². The van der Waals surface area contributed by atoms with Crippen molar-refractivity contribution in [2.75, 3.05) is 6.61 Å². The summed E-state index contributed by atoms with van der Waals surface area (Å²) in [4.78, 5) is 0.0934. The van der Waals surface area contributed by atoms with Gasteiger partial charge in [-0.1, -0.05) is 0 Å². The van der Waals surface area contributed by atoms with E-state index in [1.165, 1.54) is 0 Å². The summed E-state index contributed by atoms with van der Waals surface area (Å²) in [6, 6.07) is 0. The molecule has 0 fully saturated rings. The second-order valence-electron chi connectivity index (χ2n) is 1.31. The first-order valence-electron chi connectivity index (χ1n) is 2.41. The average Bonchev–Trinajstić information content (AvgIpc) is 1.67. The maximum atomic E-state index is 5.59. The predicted octanol–water partition coefficient (Wildman–Crippen LogP) is 1.92. The van der Waals surface area contributed by atoms with E-state index in [-0.39, 0.29) is 4.89 Å². The van der Waals surface area contributed by atoms with Crippen LogP contribution in [0.4, 0.5) is 0 Å². The molecule has 50 valence electrons. The van der Waals surface area contributed by atoms with Crippen molar-refractivity contribution in [1.29, 1.82) is 0 Å². The molecule has 0 saturated heterocycles. The summed E-state index contributed by atoms with van der Waals surface area (Å²) in [5.74, 6) is 0. The van der Waals surface area contributed by atoms with Crippen LogP contribution in [0.1, 0.15) is 13.8 Å². The molecule has 0 aromatic rings. The Kier molecular flexibility index (Phi) is 5.61. The molecule has 0 aliphatic carbocycles. The molecule has 0 heterocycles. The molecule has 0 aliphatic heterocycles. The van der Waals surface area contributed by atoms with Crippen LogP contribution in [0, 0.1) is 0 Å². The molecule has 4 heteroatoms. The van der Waals surface area contributed by atoms with E-state index in [2.05, 4.69) is 0 Å². The fourth-order valence-electron chi connectivity index (χ4n) is 0.298. The number of hydrogen-bond donors (Lipinski definition) is 0. The van der Waals surface area contributed by atoms with Gasteiger partial charge in [-0.2, -0.15) is 0 Å². The quantitative estimate of drug-likeness (QED) is 0.658. The van der Waals surface area contributed by atoms with Gasteiger partial charge in [-0.25, -0.2) is 0 Å². The van der Waals surface area contributed by atoms with Crippen LogP contribution >= 0.6 is 19.9 Å². The molecular weight excluding hydrogens is 210 g/mol. The fraction of sp³-hybridized carbons (Fsp3) is 1.00. The molecule has 0 aromatic heterocycles. The Bertz CT molecular complexity index is 60.0. The number of halogens is 2. The number of rotatable bonds is 3. The van der Waals surface area contributed by atoms with Crippen LogP contribution in [-0.4, -0.2) is 24.3 Å². The monoisotopic (exact) mass is 218 g/mol. The zero-order valence-corrected chi connectivity index (χ0v) is 8.28. The van der Waals surface area contributed by atoms with Crippen LogP contribution in [-0.2, 0) is 4.74 Å². The normalized spacial score (nSPS) is 14.6. The van der Waals surface area contributed by atoms with Crippen LogP contribution in [0.25, 0.3) is 0 Å². The molecule has 0 radical (unpaired) electrons. The summed E-state index contributed by atoms with van der Waals surface area (Å²) >= 11 is -1.62. The Hall–Kier alpha value is 1.10. The van der Waals surface area contributed by atoms with E-state index in [0.717, 1.165) is 0 Å². The van der Waals surface area contributed by atoms with Crippen LogP contribution in [0.5, 0.6) is 0 Å². The molecule has 1 atom stereocenters. The molecule has 1 unspecified atom stereocenters. The molecule has 0 rings (SSSR count). The SMILES string of the molecule is CCOC(C)[As](Cl)Cl. The average molecular weight is 219 g/mol. The molecule has 0 amide bonds. The standard InChI is InChI=1S/C4H9AsCl2O/c1-3-8-4(2)5(6)7/h4H,3H2,1-2H3. The van der Waals surface area contributed by atoms with Crippen LogP contribution < -0.4 is 0 Å². The van der Waals surface area contributed by atoms with Crippen molar-refractivity contribution in [3.63, 3.8) is 0 Å². The topological polar surface area (TPSA) is 9.23 Å². The van der Waals surface area contributed by atoms with E-state index in [0.29, 0.717) is 6.61 Å². The van der Waals surface area contributed by atoms with E-state index in [1.54, 1.807) is 0 Å². The van der Waals surface area contributed by atoms with Gasteiger partial charge < -0.3 is 0 Å². The maximum absolute atomic E-state index is 5.59. The first-order valence-corrected chi connectivity index (χ1v) is 8.42. The van der Waals surface area contributed by atoms with Crippen molar-refractivity contribution in [3.05, 3.63) is 0 Å². The van der Waals surface area contributed by atoms with Crippen LogP contribution in [0.2, 0.25) is 0 Å².